The molecule has 11 atom stereocenters. The number of aliphatic hydroxyl groups excluding tert-OH is 8. The first-order valence-electron chi connectivity index (χ1n) is 25.2. The first kappa shape index (κ1) is 68.7. The fourth-order valence-electron chi connectivity index (χ4n) is 8.37. The van der Waals surface area contributed by atoms with Crippen LogP contribution in [0.25, 0.3) is 0 Å². The number of carbonyl (C=O) groups excluding carboxylic acids is 8. The normalized spacial score (nSPS) is 23.4. The summed E-state index contributed by atoms with van der Waals surface area (Å²) in [5, 5.41) is 98.2. The minimum Gasteiger partial charge on any atom is -0.508 e. The van der Waals surface area contributed by atoms with E-state index in [1.54, 1.807) is 0 Å². The highest BCUT2D eigenvalue weighted by atomic mass is 16.3. The SMILES string of the molecule is CC(N)=O.CCC(C)CC(C)CCCCCCCCC(=O)N[C@H]1C[C@@H](O)[C@@H](O)NC(=O)[C@@H]2[C@@H](O)CCN2C(=O)CNC(=O)[C@H]([C@H](O)C(O)c2ccc(O)cc2)CC(=O)CN(C[C@@H](C)O)C(=O)CNC1=O.CO.CO. The Labute approximate surface area is 434 Å². The van der Waals surface area contributed by atoms with Gasteiger partial charge in [0.1, 0.15) is 30.0 Å². The number of ketones is 1. The first-order valence-corrected chi connectivity index (χ1v) is 25.2. The van der Waals surface area contributed by atoms with Gasteiger partial charge in [0.25, 0.3) is 0 Å². The molecular weight excluding hydrogens is 971 g/mol. The van der Waals surface area contributed by atoms with Gasteiger partial charge in [-0.25, -0.2) is 0 Å². The van der Waals surface area contributed by atoms with E-state index in [0.717, 1.165) is 56.1 Å². The van der Waals surface area contributed by atoms with E-state index >= 15 is 0 Å². The third-order valence-corrected chi connectivity index (χ3v) is 12.4. The van der Waals surface area contributed by atoms with Gasteiger partial charge in [-0.3, -0.25) is 38.4 Å². The standard InChI is InChI=1S/C46H74N6O14.C2H5NO.2CH4O/c1-5-27(2)20-28(3)12-10-8-6-7-9-11-13-37(58)49-34-22-36(57)45(65)50-46(66)40-35(56)18-19-52(40)39(60)24-47-43(63)33(42(62)41(61)30-14-16-31(54)17-15-30)21-32(55)26-51(25-29(4)53)38(59)23-48-44(34)64;1-2(3)4;2*1-2/h14-17,27-29,33-36,40-42,45,53-54,56-57,61-62,65H,5-13,18-26H2,1-4H3,(H,47,63)(H,48,64)(H,49,58)(H,50,66);1H3,(H2,3,4);2*2H,1H3/t27?,28?,29-,33+,34+,35+,36-,40+,41?,42+,45-;;;/m1.../s1. The predicted molar refractivity (Wildman–Crippen MR) is 271 cm³/mol. The maximum Gasteiger partial charge on any atom is 0.247 e. The van der Waals surface area contributed by atoms with Gasteiger partial charge in [0, 0.05) is 53.5 Å². The number of rotatable bonds is 18. The molecule has 0 saturated carbocycles. The molecular formula is C50H87N7O17. The van der Waals surface area contributed by atoms with Crippen LogP contribution >= 0.6 is 0 Å². The van der Waals surface area contributed by atoms with Crippen LogP contribution in [-0.2, 0) is 38.4 Å². The number of hydrogen-bond acceptors (Lipinski definition) is 17. The number of phenols is 1. The molecule has 0 aromatic heterocycles. The van der Waals surface area contributed by atoms with E-state index in [1.165, 1.54) is 57.4 Å². The monoisotopic (exact) mass is 1060 g/mol. The molecule has 2 aliphatic rings. The maximum absolute atomic E-state index is 13.7. The quantitative estimate of drug-likeness (QED) is 0.0733. The summed E-state index contributed by atoms with van der Waals surface area (Å²) < 4.78 is 0. The summed E-state index contributed by atoms with van der Waals surface area (Å²) in [4.78, 5) is 105. The molecule has 0 spiro atoms. The molecule has 7 amide bonds. The number of aromatic hydroxyl groups is 1. The number of amides is 7. The van der Waals surface area contributed by atoms with Crippen molar-refractivity contribution in [3.8, 4) is 5.75 Å². The van der Waals surface area contributed by atoms with Crippen molar-refractivity contribution in [2.75, 3.05) is 46.9 Å². The zero-order valence-corrected chi connectivity index (χ0v) is 44.2. The van der Waals surface area contributed by atoms with Gasteiger partial charge in [0.05, 0.1) is 43.9 Å². The summed E-state index contributed by atoms with van der Waals surface area (Å²) >= 11 is 0. The van der Waals surface area contributed by atoms with Crippen LogP contribution in [0.3, 0.4) is 0 Å². The Kier molecular flexibility index (Phi) is 34.7. The van der Waals surface area contributed by atoms with Crippen LogP contribution in [0.15, 0.2) is 24.3 Å². The Morgan fingerprint density at radius 2 is 1.34 bits per heavy atom. The van der Waals surface area contributed by atoms with Crippen molar-refractivity contribution in [2.24, 2.45) is 23.5 Å². The van der Waals surface area contributed by atoms with E-state index in [9.17, 15) is 74.1 Å². The lowest BCUT2D eigenvalue weighted by Crippen LogP contribution is -2.57. The van der Waals surface area contributed by atoms with Crippen molar-refractivity contribution in [3.63, 3.8) is 0 Å². The van der Waals surface area contributed by atoms with Crippen molar-refractivity contribution in [3.05, 3.63) is 29.8 Å². The number of nitrogens with one attached hydrogen (secondary N) is 4. The van der Waals surface area contributed by atoms with Crippen LogP contribution in [0.1, 0.15) is 130 Å². The number of phenolic OH excluding ortho intramolecular Hbond substituents is 1. The number of hydrogen-bond donors (Lipinski definition) is 14. The lowest BCUT2D eigenvalue weighted by molar-refractivity contribution is -0.144. The number of unbranched alkanes of at least 4 members (excludes halogenated alkanes) is 5. The summed E-state index contributed by atoms with van der Waals surface area (Å²) in [5.41, 5.74) is 4.53. The lowest BCUT2D eigenvalue weighted by Gasteiger charge is -2.29. The Bertz CT molecular complexity index is 1860. The highest BCUT2D eigenvalue weighted by Crippen LogP contribution is 2.27. The van der Waals surface area contributed by atoms with Crippen molar-refractivity contribution in [2.45, 2.75) is 167 Å². The molecule has 0 radical (unpaired) electrons. The van der Waals surface area contributed by atoms with Crippen molar-refractivity contribution in [1.82, 2.24) is 31.1 Å². The molecule has 2 saturated heterocycles. The number of primary amides is 1. The maximum atomic E-state index is 13.7. The van der Waals surface area contributed by atoms with Gasteiger partial charge in [-0.2, -0.15) is 0 Å². The molecule has 24 heteroatoms. The van der Waals surface area contributed by atoms with Gasteiger partial charge in [-0.1, -0.05) is 77.8 Å². The zero-order chi connectivity index (χ0) is 56.7. The fraction of sp³-hybridized carbons (Fsp3) is 0.720. The summed E-state index contributed by atoms with van der Waals surface area (Å²) in [6.07, 6.45) is -3.00. The summed E-state index contributed by atoms with van der Waals surface area (Å²) in [6.45, 7) is 6.47. The molecule has 0 bridgehead atoms. The fourth-order valence-corrected chi connectivity index (χ4v) is 8.37. The Morgan fingerprint density at radius 1 is 0.784 bits per heavy atom. The number of benzene rings is 1. The summed E-state index contributed by atoms with van der Waals surface area (Å²) in [5.74, 6) is -7.20. The van der Waals surface area contributed by atoms with Crippen LogP contribution in [0.5, 0.6) is 5.75 Å². The highest BCUT2D eigenvalue weighted by Gasteiger charge is 2.43. The Hall–Kier alpha value is -5.34. The third-order valence-electron chi connectivity index (χ3n) is 12.4. The predicted octanol–water partition coefficient (Wildman–Crippen LogP) is -1.65. The number of nitrogens with two attached hydrogens (primary N) is 1. The molecule has 1 aromatic carbocycles. The number of fused-ring (bicyclic) bond motifs is 1. The van der Waals surface area contributed by atoms with Gasteiger partial charge in [-0.05, 0) is 55.7 Å². The minimum atomic E-state index is -2.09. The first-order chi connectivity index (χ1) is 34.9. The van der Waals surface area contributed by atoms with Crippen LogP contribution in [0, 0.1) is 17.8 Å². The molecule has 74 heavy (non-hydrogen) atoms. The molecule has 2 heterocycles. The molecule has 3 rings (SSSR count). The number of β-amino-alcohol motifs (C(OH)–C–C–N with tert-alkyl or cyclic N) is 1. The van der Waals surface area contributed by atoms with E-state index in [4.69, 9.17) is 10.2 Å². The number of nitrogens with zero attached hydrogens (tertiary/aromatic N) is 2. The van der Waals surface area contributed by atoms with Gasteiger partial charge >= 0.3 is 0 Å². The van der Waals surface area contributed by atoms with Crippen molar-refractivity contribution < 1.29 is 84.3 Å². The minimum absolute atomic E-state index is 0.0246. The van der Waals surface area contributed by atoms with Gasteiger partial charge < -0.3 is 82.8 Å². The van der Waals surface area contributed by atoms with E-state index in [0.29, 0.717) is 18.3 Å². The Morgan fingerprint density at radius 3 is 1.92 bits per heavy atom. The van der Waals surface area contributed by atoms with Crippen molar-refractivity contribution in [1.29, 1.82) is 0 Å². The lowest BCUT2D eigenvalue weighted by atomic mass is 9.88. The van der Waals surface area contributed by atoms with E-state index in [2.05, 4.69) is 47.8 Å². The molecule has 2 aliphatic heterocycles. The molecule has 15 N–H and O–H groups in total. The average molecular weight is 1060 g/mol. The number of Topliss-reactive ketones (excluding diaryl/α,β-unsaturated/α-hetero) is 1. The van der Waals surface area contributed by atoms with E-state index in [1.807, 2.05) is 0 Å². The Balaban J connectivity index is 0.00000626. The smallest absolute Gasteiger partial charge is 0.247 e. The van der Waals surface area contributed by atoms with Gasteiger partial charge in [-0.15, -0.1) is 0 Å². The van der Waals surface area contributed by atoms with Gasteiger partial charge in [0.15, 0.2) is 12.0 Å². The van der Waals surface area contributed by atoms with Crippen molar-refractivity contribution >= 4 is 47.1 Å². The average Bonchev–Trinajstić information content (AvgIpc) is 3.75. The largest absolute Gasteiger partial charge is 0.508 e. The summed E-state index contributed by atoms with van der Waals surface area (Å²) in [6, 6.07) is 1.82. The summed E-state index contributed by atoms with van der Waals surface area (Å²) in [7, 11) is 2.00. The van der Waals surface area contributed by atoms with Crippen LogP contribution in [0.2, 0.25) is 0 Å². The van der Waals surface area contributed by atoms with Crippen LogP contribution in [0.4, 0.5) is 0 Å². The second kappa shape index (κ2) is 37.4. The second-order valence-corrected chi connectivity index (χ2v) is 18.8. The topological polar surface area (TPSA) is 399 Å². The molecule has 1 aromatic rings. The molecule has 0 aliphatic carbocycles. The highest BCUT2D eigenvalue weighted by molar-refractivity contribution is 5.95. The third kappa shape index (κ3) is 26.2. The number of aliphatic hydroxyl groups is 8. The molecule has 24 nitrogen and oxygen atoms in total. The molecule has 424 valence electrons. The van der Waals surface area contributed by atoms with Gasteiger partial charge in [0.2, 0.25) is 41.4 Å². The van der Waals surface area contributed by atoms with Crippen LogP contribution < -0.4 is 27.0 Å². The van der Waals surface area contributed by atoms with Crippen LogP contribution in [-0.4, -0.2) is 193 Å². The zero-order valence-electron chi connectivity index (χ0n) is 44.2. The van der Waals surface area contributed by atoms with E-state index in [-0.39, 0.29) is 36.6 Å². The van der Waals surface area contributed by atoms with E-state index < -0.39 is 135 Å². The number of carbonyl (C=O) groups is 8. The molecule has 3 unspecified atom stereocenters. The molecule has 2 fully saturated rings. The second-order valence-electron chi connectivity index (χ2n) is 18.8.